The summed E-state index contributed by atoms with van der Waals surface area (Å²) in [6, 6.07) is 14.2. The second-order valence-electron chi connectivity index (χ2n) is 9.01. The van der Waals surface area contributed by atoms with Crippen molar-refractivity contribution in [2.24, 2.45) is 0 Å². The SMILES string of the molecule is COc1ccc2cc1OCCC=CCOCc1cc(ccc1N1CCN(C)CC1)Nc1nccc-2n1. The van der Waals surface area contributed by atoms with Crippen LogP contribution in [0.15, 0.2) is 60.8 Å². The zero-order valence-corrected chi connectivity index (χ0v) is 20.9. The highest BCUT2D eigenvalue weighted by atomic mass is 16.5. The first-order chi connectivity index (χ1) is 17.7. The Labute approximate surface area is 212 Å². The van der Waals surface area contributed by atoms with Gasteiger partial charge in [-0.05, 0) is 55.9 Å². The van der Waals surface area contributed by atoms with Crippen molar-refractivity contribution in [3.05, 3.63) is 66.4 Å². The van der Waals surface area contributed by atoms with E-state index < -0.39 is 0 Å². The molecule has 2 aliphatic rings. The second-order valence-corrected chi connectivity index (χ2v) is 9.01. The molecule has 0 saturated carbocycles. The number of rotatable bonds is 2. The summed E-state index contributed by atoms with van der Waals surface area (Å²) in [5, 5.41) is 3.38. The predicted octanol–water partition coefficient (Wildman–Crippen LogP) is 4.50. The third-order valence-electron chi connectivity index (χ3n) is 6.47. The molecule has 188 valence electrons. The smallest absolute Gasteiger partial charge is 0.227 e. The number of aromatic nitrogens is 2. The molecule has 2 aliphatic heterocycles. The molecule has 0 aliphatic carbocycles. The molecule has 5 rings (SSSR count). The van der Waals surface area contributed by atoms with Gasteiger partial charge in [0.25, 0.3) is 0 Å². The van der Waals surface area contributed by atoms with E-state index in [0.29, 0.717) is 37.3 Å². The normalized spacial score (nSPS) is 16.9. The van der Waals surface area contributed by atoms with Gasteiger partial charge in [0.2, 0.25) is 5.95 Å². The van der Waals surface area contributed by atoms with Gasteiger partial charge in [-0.25, -0.2) is 9.97 Å². The zero-order chi connectivity index (χ0) is 24.7. The van der Waals surface area contributed by atoms with Crippen molar-refractivity contribution in [2.45, 2.75) is 13.0 Å². The quantitative estimate of drug-likeness (QED) is 0.530. The summed E-state index contributed by atoms with van der Waals surface area (Å²) in [7, 11) is 3.82. The van der Waals surface area contributed by atoms with Crippen molar-refractivity contribution < 1.29 is 14.2 Å². The number of hydrogen-bond acceptors (Lipinski definition) is 8. The van der Waals surface area contributed by atoms with Crippen molar-refractivity contribution in [2.75, 3.05) is 63.8 Å². The van der Waals surface area contributed by atoms with Crippen molar-refractivity contribution in [1.82, 2.24) is 14.9 Å². The fourth-order valence-corrected chi connectivity index (χ4v) is 4.45. The molecule has 0 spiro atoms. The van der Waals surface area contributed by atoms with E-state index in [9.17, 15) is 0 Å². The van der Waals surface area contributed by atoms with E-state index >= 15 is 0 Å². The van der Waals surface area contributed by atoms with E-state index in [2.05, 4.69) is 57.5 Å². The van der Waals surface area contributed by atoms with Crippen molar-refractivity contribution in [1.29, 1.82) is 0 Å². The number of likely N-dealkylation sites (N-methyl/N-ethyl adjacent to an activating group) is 1. The first-order valence-corrected chi connectivity index (χ1v) is 12.4. The van der Waals surface area contributed by atoms with Gasteiger partial charge in [-0.1, -0.05) is 12.2 Å². The van der Waals surface area contributed by atoms with Crippen molar-refractivity contribution >= 4 is 17.3 Å². The number of nitrogens with zero attached hydrogens (tertiary/aromatic N) is 4. The summed E-state index contributed by atoms with van der Waals surface area (Å²) in [4.78, 5) is 14.0. The summed E-state index contributed by atoms with van der Waals surface area (Å²) in [6.07, 6.45) is 6.69. The number of fused-ring (bicyclic) bond motifs is 7. The highest BCUT2D eigenvalue weighted by Gasteiger charge is 2.18. The second kappa shape index (κ2) is 11.4. The summed E-state index contributed by atoms with van der Waals surface area (Å²) in [5.41, 5.74) is 5.05. The first-order valence-electron chi connectivity index (χ1n) is 12.4. The van der Waals surface area contributed by atoms with Crippen LogP contribution in [0.2, 0.25) is 0 Å². The Balaban J connectivity index is 1.47. The third-order valence-corrected chi connectivity index (χ3v) is 6.47. The molecular weight excluding hydrogens is 454 g/mol. The van der Waals surface area contributed by atoms with Crippen LogP contribution in [0.5, 0.6) is 11.5 Å². The Morgan fingerprint density at radius 1 is 1.00 bits per heavy atom. The van der Waals surface area contributed by atoms with E-state index in [1.54, 1.807) is 13.3 Å². The average molecular weight is 488 g/mol. The fraction of sp³-hybridized carbons (Fsp3) is 0.357. The molecule has 8 heteroatoms. The van der Waals surface area contributed by atoms with Gasteiger partial charge < -0.3 is 29.3 Å². The maximum Gasteiger partial charge on any atom is 0.227 e. The van der Waals surface area contributed by atoms with Gasteiger partial charge >= 0.3 is 0 Å². The Morgan fingerprint density at radius 2 is 1.89 bits per heavy atom. The summed E-state index contributed by atoms with van der Waals surface area (Å²) >= 11 is 0. The third kappa shape index (κ3) is 5.78. The minimum Gasteiger partial charge on any atom is -0.493 e. The van der Waals surface area contributed by atoms with Crippen LogP contribution < -0.4 is 19.7 Å². The van der Waals surface area contributed by atoms with Gasteiger partial charge in [0.15, 0.2) is 11.5 Å². The Bertz CT molecular complexity index is 1210. The number of methoxy groups -OCH3 is 1. The molecule has 1 aromatic heterocycles. The van der Waals surface area contributed by atoms with Crippen LogP contribution in [0.3, 0.4) is 0 Å². The monoisotopic (exact) mass is 487 g/mol. The lowest BCUT2D eigenvalue weighted by atomic mass is 10.1. The van der Waals surface area contributed by atoms with E-state index in [1.165, 1.54) is 5.69 Å². The number of ether oxygens (including phenoxy) is 3. The first kappa shape index (κ1) is 24.1. The number of nitrogens with one attached hydrogen (secondary N) is 1. The Hall–Kier alpha value is -3.62. The molecule has 36 heavy (non-hydrogen) atoms. The molecule has 1 N–H and O–H groups in total. The van der Waals surface area contributed by atoms with Gasteiger partial charge in [0.05, 0.1) is 32.6 Å². The Morgan fingerprint density at radius 3 is 2.75 bits per heavy atom. The summed E-state index contributed by atoms with van der Waals surface area (Å²) in [6.45, 7) is 5.74. The highest BCUT2D eigenvalue weighted by Crippen LogP contribution is 2.33. The minimum atomic E-state index is 0.528. The molecule has 1 fully saturated rings. The van der Waals surface area contributed by atoms with Crippen LogP contribution in [-0.4, -0.2) is 68.4 Å². The van der Waals surface area contributed by atoms with Gasteiger partial charge in [0.1, 0.15) is 0 Å². The van der Waals surface area contributed by atoms with Gasteiger partial charge in [-0.3, -0.25) is 0 Å². The fourth-order valence-electron chi connectivity index (χ4n) is 4.45. The van der Waals surface area contributed by atoms with Crippen LogP contribution in [-0.2, 0) is 11.3 Å². The predicted molar refractivity (Wildman–Crippen MR) is 142 cm³/mol. The van der Waals surface area contributed by atoms with Gasteiger partial charge in [-0.15, -0.1) is 0 Å². The average Bonchev–Trinajstić information content (AvgIpc) is 2.90. The van der Waals surface area contributed by atoms with Gasteiger partial charge in [0, 0.05) is 54.9 Å². The molecule has 0 unspecified atom stereocenters. The number of anilines is 3. The molecular formula is C28H33N5O3. The molecule has 3 heterocycles. The largest absolute Gasteiger partial charge is 0.493 e. The molecule has 0 atom stereocenters. The molecule has 1 saturated heterocycles. The van der Waals surface area contributed by atoms with Crippen molar-refractivity contribution in [3.8, 4) is 22.8 Å². The highest BCUT2D eigenvalue weighted by molar-refractivity contribution is 5.67. The molecule has 0 radical (unpaired) electrons. The lowest BCUT2D eigenvalue weighted by Crippen LogP contribution is -2.44. The Kier molecular flexibility index (Phi) is 7.64. The number of hydrogen-bond donors (Lipinski definition) is 1. The maximum atomic E-state index is 6.04. The molecule has 2 aromatic carbocycles. The van der Waals surface area contributed by atoms with E-state index in [-0.39, 0.29) is 0 Å². The van der Waals surface area contributed by atoms with E-state index in [4.69, 9.17) is 19.2 Å². The van der Waals surface area contributed by atoms with Crippen LogP contribution in [0, 0.1) is 0 Å². The minimum absolute atomic E-state index is 0.528. The van der Waals surface area contributed by atoms with Crippen LogP contribution >= 0.6 is 0 Å². The standard InChI is InChI=1S/C28H33N5O3/c1-32-12-14-33(15-13-32)25-8-7-23-18-22(25)20-35-16-4-3-5-17-36-27-19-21(6-9-26(27)34-2)24-10-11-29-28(30-23)31-24/h3-4,6-11,18-19H,5,12-17,20H2,1-2H3,(H,29,30,31). The summed E-state index contributed by atoms with van der Waals surface area (Å²) < 4.78 is 17.6. The topological polar surface area (TPSA) is 72.0 Å². The zero-order valence-electron chi connectivity index (χ0n) is 20.9. The lowest BCUT2D eigenvalue weighted by Gasteiger charge is -2.35. The molecule has 6 bridgehead atoms. The number of benzene rings is 2. The lowest BCUT2D eigenvalue weighted by molar-refractivity contribution is 0.148. The molecule has 3 aromatic rings. The summed E-state index contributed by atoms with van der Waals surface area (Å²) in [5.74, 6) is 1.92. The maximum absolute atomic E-state index is 6.04. The molecule has 0 amide bonds. The molecule has 8 nitrogen and oxygen atoms in total. The van der Waals surface area contributed by atoms with Crippen LogP contribution in [0.25, 0.3) is 11.3 Å². The van der Waals surface area contributed by atoms with E-state index in [0.717, 1.165) is 55.1 Å². The van der Waals surface area contributed by atoms with Gasteiger partial charge in [-0.2, -0.15) is 0 Å². The number of piperazine rings is 1. The van der Waals surface area contributed by atoms with E-state index in [1.807, 2.05) is 24.3 Å². The van der Waals surface area contributed by atoms with Crippen LogP contribution in [0.1, 0.15) is 12.0 Å². The van der Waals surface area contributed by atoms with Crippen molar-refractivity contribution in [3.63, 3.8) is 0 Å². The van der Waals surface area contributed by atoms with Crippen LogP contribution in [0.4, 0.5) is 17.3 Å².